The van der Waals surface area contributed by atoms with Crippen LogP contribution in [0.4, 0.5) is 5.69 Å². The molecule has 0 aliphatic carbocycles. The van der Waals surface area contributed by atoms with Gasteiger partial charge >= 0.3 is 5.69 Å². The summed E-state index contributed by atoms with van der Waals surface area (Å²) in [5.41, 5.74) is 0.0389. The van der Waals surface area contributed by atoms with Crippen LogP contribution in [0.25, 0.3) is 0 Å². The number of benzene rings is 1. The molecule has 1 unspecified atom stereocenters. The van der Waals surface area contributed by atoms with Crippen LogP contribution in [0, 0.1) is 27.4 Å². The Bertz CT molecular complexity index is 536. The number of ether oxygens (including phenoxy) is 1. The number of carbonyl (C=O) groups excluding carboxylic acids is 1. The molecule has 1 N–H and O–H groups in total. The largest absolute Gasteiger partial charge is 0.490 e. The number of rotatable bonds is 5. The molecule has 0 aliphatic rings. The zero-order chi connectivity index (χ0) is 14.4. The van der Waals surface area contributed by atoms with Crippen molar-refractivity contribution in [2.45, 2.75) is 6.92 Å². The third kappa shape index (κ3) is 3.67. The number of nitrogens with zero attached hydrogens (tertiary/aromatic N) is 2. The standard InChI is InChI=1S/C12H13N3O4/c1-8(6-13)7-14-12(16)9-3-4-10(15(17)18)11(5-9)19-2/h3-5,8H,7H2,1-2H3,(H,14,16). The summed E-state index contributed by atoms with van der Waals surface area (Å²) in [5, 5.41) is 21.9. The minimum absolute atomic E-state index is 0.0194. The second-order valence-electron chi connectivity index (χ2n) is 3.88. The number of hydrogen-bond acceptors (Lipinski definition) is 5. The normalized spacial score (nSPS) is 11.2. The molecule has 19 heavy (non-hydrogen) atoms. The lowest BCUT2D eigenvalue weighted by Crippen LogP contribution is -2.27. The summed E-state index contributed by atoms with van der Waals surface area (Å²) in [7, 11) is 1.29. The molecule has 1 atom stereocenters. The van der Waals surface area contributed by atoms with Crippen LogP contribution >= 0.6 is 0 Å². The van der Waals surface area contributed by atoms with Crippen molar-refractivity contribution in [2.24, 2.45) is 5.92 Å². The molecule has 0 bridgehead atoms. The first kappa shape index (κ1) is 14.4. The average molecular weight is 263 g/mol. The Morgan fingerprint density at radius 3 is 2.84 bits per heavy atom. The number of nitro groups is 1. The van der Waals surface area contributed by atoms with Gasteiger partial charge in [0.25, 0.3) is 5.91 Å². The van der Waals surface area contributed by atoms with Crippen molar-refractivity contribution in [3.05, 3.63) is 33.9 Å². The van der Waals surface area contributed by atoms with E-state index in [1.165, 1.54) is 25.3 Å². The zero-order valence-electron chi connectivity index (χ0n) is 10.5. The van der Waals surface area contributed by atoms with Gasteiger partial charge in [0.2, 0.25) is 0 Å². The molecule has 100 valence electrons. The quantitative estimate of drug-likeness (QED) is 0.640. The lowest BCUT2D eigenvalue weighted by atomic mass is 10.1. The summed E-state index contributed by atoms with van der Waals surface area (Å²) in [4.78, 5) is 21.9. The van der Waals surface area contributed by atoms with E-state index in [2.05, 4.69) is 5.32 Å². The number of amides is 1. The van der Waals surface area contributed by atoms with Gasteiger partial charge in [-0.15, -0.1) is 0 Å². The molecule has 0 heterocycles. The predicted octanol–water partition coefficient (Wildman–Crippen LogP) is 1.49. The summed E-state index contributed by atoms with van der Waals surface area (Å²) >= 11 is 0. The molecule has 0 aromatic heterocycles. The van der Waals surface area contributed by atoms with Gasteiger partial charge in [0.15, 0.2) is 5.75 Å². The summed E-state index contributed by atoms with van der Waals surface area (Å²) < 4.78 is 4.87. The lowest BCUT2D eigenvalue weighted by Gasteiger charge is -2.07. The highest BCUT2D eigenvalue weighted by molar-refractivity contribution is 5.95. The first-order valence-corrected chi connectivity index (χ1v) is 5.49. The first-order valence-electron chi connectivity index (χ1n) is 5.49. The Labute approximate surface area is 109 Å². The maximum Gasteiger partial charge on any atom is 0.310 e. The molecule has 0 saturated heterocycles. The van der Waals surface area contributed by atoms with Gasteiger partial charge in [0, 0.05) is 24.2 Å². The topological polar surface area (TPSA) is 105 Å². The van der Waals surface area contributed by atoms with Gasteiger partial charge in [-0.1, -0.05) is 0 Å². The number of nitrogens with one attached hydrogen (secondary N) is 1. The van der Waals surface area contributed by atoms with E-state index in [1.54, 1.807) is 6.92 Å². The van der Waals surface area contributed by atoms with Gasteiger partial charge in [-0.3, -0.25) is 14.9 Å². The molecule has 0 fully saturated rings. The highest BCUT2D eigenvalue weighted by Gasteiger charge is 2.17. The highest BCUT2D eigenvalue weighted by atomic mass is 16.6. The molecule has 1 aromatic carbocycles. The summed E-state index contributed by atoms with van der Waals surface area (Å²) in [6, 6.07) is 5.84. The van der Waals surface area contributed by atoms with Gasteiger partial charge in [0.05, 0.1) is 24.0 Å². The summed E-state index contributed by atoms with van der Waals surface area (Å²) in [6.45, 7) is 1.89. The molecule has 1 amide bonds. The van der Waals surface area contributed by atoms with Crippen LogP contribution < -0.4 is 10.1 Å². The second kappa shape index (κ2) is 6.35. The molecule has 1 aromatic rings. The van der Waals surface area contributed by atoms with Crippen LogP contribution in [0.3, 0.4) is 0 Å². The van der Waals surface area contributed by atoms with Gasteiger partial charge < -0.3 is 10.1 Å². The van der Waals surface area contributed by atoms with Crippen molar-refractivity contribution in [2.75, 3.05) is 13.7 Å². The Morgan fingerprint density at radius 1 is 1.63 bits per heavy atom. The third-order valence-electron chi connectivity index (χ3n) is 2.43. The van der Waals surface area contributed by atoms with E-state index in [4.69, 9.17) is 10.00 Å². The minimum atomic E-state index is -0.585. The van der Waals surface area contributed by atoms with Crippen LogP contribution in [0.15, 0.2) is 18.2 Å². The lowest BCUT2D eigenvalue weighted by molar-refractivity contribution is -0.385. The number of hydrogen-bond donors (Lipinski definition) is 1. The maximum atomic E-state index is 11.8. The smallest absolute Gasteiger partial charge is 0.310 e. The number of nitriles is 1. The van der Waals surface area contributed by atoms with Crippen molar-refractivity contribution in [3.63, 3.8) is 0 Å². The highest BCUT2D eigenvalue weighted by Crippen LogP contribution is 2.27. The maximum absolute atomic E-state index is 11.8. The monoisotopic (exact) mass is 263 g/mol. The van der Waals surface area contributed by atoms with Crippen molar-refractivity contribution < 1.29 is 14.5 Å². The van der Waals surface area contributed by atoms with Crippen LogP contribution in [0.1, 0.15) is 17.3 Å². The van der Waals surface area contributed by atoms with Crippen molar-refractivity contribution in [3.8, 4) is 11.8 Å². The van der Waals surface area contributed by atoms with E-state index >= 15 is 0 Å². The second-order valence-corrected chi connectivity index (χ2v) is 3.88. The molecule has 0 spiro atoms. The molecule has 0 saturated carbocycles. The Morgan fingerprint density at radius 2 is 2.32 bits per heavy atom. The van der Waals surface area contributed by atoms with E-state index < -0.39 is 10.8 Å². The predicted molar refractivity (Wildman–Crippen MR) is 66.8 cm³/mol. The molecule has 1 rings (SSSR count). The minimum Gasteiger partial charge on any atom is -0.490 e. The van der Waals surface area contributed by atoms with Gasteiger partial charge in [-0.2, -0.15) is 5.26 Å². The Kier molecular flexibility index (Phi) is 4.83. The van der Waals surface area contributed by atoms with Gasteiger partial charge in [-0.25, -0.2) is 0 Å². The van der Waals surface area contributed by atoms with E-state index in [0.717, 1.165) is 0 Å². The first-order chi connectivity index (χ1) is 8.99. The molecular weight excluding hydrogens is 250 g/mol. The summed E-state index contributed by atoms with van der Waals surface area (Å²) in [6.07, 6.45) is 0. The number of methoxy groups -OCH3 is 1. The fourth-order valence-corrected chi connectivity index (χ4v) is 1.36. The fourth-order valence-electron chi connectivity index (χ4n) is 1.36. The number of nitro benzene ring substituents is 1. The molecule has 0 aliphatic heterocycles. The molecule has 0 radical (unpaired) electrons. The average Bonchev–Trinajstić information content (AvgIpc) is 2.43. The van der Waals surface area contributed by atoms with E-state index in [9.17, 15) is 14.9 Å². The SMILES string of the molecule is COc1cc(C(=O)NCC(C)C#N)ccc1[N+](=O)[O-]. The van der Waals surface area contributed by atoms with Crippen LogP contribution in [-0.2, 0) is 0 Å². The Hall–Kier alpha value is -2.62. The van der Waals surface area contributed by atoms with Crippen molar-refractivity contribution >= 4 is 11.6 Å². The van der Waals surface area contributed by atoms with Crippen LogP contribution in [0.5, 0.6) is 5.75 Å². The van der Waals surface area contributed by atoms with E-state index in [1.807, 2.05) is 6.07 Å². The molecule has 7 heteroatoms. The van der Waals surface area contributed by atoms with Gasteiger partial charge in [-0.05, 0) is 13.0 Å². The van der Waals surface area contributed by atoms with E-state index in [-0.39, 0.29) is 29.5 Å². The molecule has 7 nitrogen and oxygen atoms in total. The fraction of sp³-hybridized carbons (Fsp3) is 0.333. The van der Waals surface area contributed by atoms with Gasteiger partial charge in [0.1, 0.15) is 0 Å². The van der Waals surface area contributed by atoms with Crippen LogP contribution in [-0.4, -0.2) is 24.5 Å². The van der Waals surface area contributed by atoms with E-state index in [0.29, 0.717) is 0 Å². The number of carbonyl (C=O) groups is 1. The third-order valence-corrected chi connectivity index (χ3v) is 2.43. The van der Waals surface area contributed by atoms with Crippen LogP contribution in [0.2, 0.25) is 0 Å². The Balaban J connectivity index is 2.88. The zero-order valence-corrected chi connectivity index (χ0v) is 10.5. The van der Waals surface area contributed by atoms with Crippen molar-refractivity contribution in [1.29, 1.82) is 5.26 Å². The van der Waals surface area contributed by atoms with Crippen molar-refractivity contribution in [1.82, 2.24) is 5.32 Å². The summed E-state index contributed by atoms with van der Waals surface area (Å²) in [5.74, 6) is -0.690. The molecular formula is C12H13N3O4.